The van der Waals surface area contributed by atoms with Gasteiger partial charge in [-0.25, -0.2) is 8.78 Å². The molecule has 3 amide bonds. The van der Waals surface area contributed by atoms with Crippen molar-refractivity contribution in [2.75, 3.05) is 31.2 Å². The summed E-state index contributed by atoms with van der Waals surface area (Å²) in [5.41, 5.74) is 2.37. The molecule has 3 aromatic rings. The number of aromatic nitrogens is 1. The van der Waals surface area contributed by atoms with Crippen molar-refractivity contribution in [3.63, 3.8) is 0 Å². The Morgan fingerprint density at radius 1 is 0.892 bits per heavy atom. The van der Waals surface area contributed by atoms with E-state index in [1.807, 2.05) is 52.1 Å². The summed E-state index contributed by atoms with van der Waals surface area (Å²) in [6.07, 6.45) is 11.8. The molecule has 0 unspecified atom stereocenters. The van der Waals surface area contributed by atoms with Gasteiger partial charge in [0.15, 0.2) is 0 Å². The standard InChI is InChI=1S/C50H65F2N3O8SSi/c1-65(2,3)28-27-63-48(60)20-12-14-26-55(47(59)35-64-34-39(50(61)62)29-41(56)19-11-6-13-25-54-45(57)23-24-46(54)58)49(37-17-9-5-10-18-37)44-30-38(42-31-40(51)21-22-43(42)52)33-53(44)32-36-15-7-4-8-16-36/h4,7-8,15-16,21-24,30-31,33,37,39,49H,5-6,9-14,17-20,25-29,32,34-35H2,1-3H3,(H,61,62)/t39-,49+/m0/s1. The van der Waals surface area contributed by atoms with Crippen LogP contribution < -0.4 is 0 Å². The molecule has 352 valence electrons. The van der Waals surface area contributed by atoms with Crippen LogP contribution in [0.4, 0.5) is 8.78 Å². The summed E-state index contributed by atoms with van der Waals surface area (Å²) in [6, 6.07) is 15.5. The van der Waals surface area contributed by atoms with Gasteiger partial charge in [0.25, 0.3) is 11.8 Å². The molecule has 0 bridgehead atoms. The molecule has 2 aromatic carbocycles. The predicted octanol–water partition coefficient (Wildman–Crippen LogP) is 9.86. The van der Waals surface area contributed by atoms with Crippen LogP contribution >= 0.6 is 11.8 Å². The fourth-order valence-electron chi connectivity index (χ4n) is 8.57. The number of hydrogen-bond donors (Lipinski definition) is 1. The normalized spacial score (nSPS) is 15.3. The highest BCUT2D eigenvalue weighted by Gasteiger charge is 2.36. The third kappa shape index (κ3) is 16.2. The fourth-order valence-corrected chi connectivity index (χ4v) is 10.3. The molecule has 0 saturated heterocycles. The number of benzene rings is 2. The highest BCUT2D eigenvalue weighted by atomic mass is 32.2. The smallest absolute Gasteiger partial charge is 0.307 e. The molecule has 15 heteroatoms. The number of thioether (sulfide) groups is 1. The van der Waals surface area contributed by atoms with Gasteiger partial charge >= 0.3 is 11.9 Å². The van der Waals surface area contributed by atoms with Crippen molar-refractivity contribution in [2.45, 2.75) is 122 Å². The number of carboxylic acid groups (broad SMARTS) is 1. The number of nitrogens with zero attached hydrogens (tertiary/aromatic N) is 3. The number of carboxylic acids is 1. The summed E-state index contributed by atoms with van der Waals surface area (Å²) in [5, 5.41) is 10.1. The molecule has 5 rings (SSSR count). The SMILES string of the molecule is C[Si](C)(C)CCOC(=O)CCCCN(C(=O)CSC[C@H](CC(=O)CCCCCN1C(=O)C=CC1=O)C(=O)O)[C@@H](c1cc(-c2cc(F)ccc2F)cn1Cc1ccccc1)C1CCCCC1. The second-order valence-electron chi connectivity index (χ2n) is 18.6. The number of esters is 1. The third-order valence-electron chi connectivity index (χ3n) is 12.2. The van der Waals surface area contributed by atoms with Crippen molar-refractivity contribution >= 4 is 55.3 Å². The van der Waals surface area contributed by atoms with E-state index in [4.69, 9.17) is 4.74 Å². The van der Waals surface area contributed by atoms with E-state index in [9.17, 15) is 38.3 Å². The Balaban J connectivity index is 1.35. The minimum Gasteiger partial charge on any atom is -0.481 e. The number of amides is 3. The largest absolute Gasteiger partial charge is 0.481 e. The van der Waals surface area contributed by atoms with Crippen molar-refractivity contribution in [3.05, 3.63) is 95.8 Å². The Morgan fingerprint density at radius 3 is 2.29 bits per heavy atom. The van der Waals surface area contributed by atoms with Crippen molar-refractivity contribution in [3.8, 4) is 11.1 Å². The second-order valence-corrected chi connectivity index (χ2v) is 25.2. The fraction of sp³-hybridized carbons (Fsp3) is 0.520. The van der Waals surface area contributed by atoms with Gasteiger partial charge in [0, 0.05) is 87.9 Å². The lowest BCUT2D eigenvalue weighted by Gasteiger charge is -2.40. The topological polar surface area (TPSA) is 143 Å². The van der Waals surface area contributed by atoms with Gasteiger partial charge < -0.3 is 19.3 Å². The van der Waals surface area contributed by atoms with Gasteiger partial charge in [-0.2, -0.15) is 11.8 Å². The van der Waals surface area contributed by atoms with Crippen LogP contribution in [0.25, 0.3) is 11.1 Å². The molecule has 0 radical (unpaired) electrons. The van der Waals surface area contributed by atoms with Gasteiger partial charge in [0.2, 0.25) is 5.91 Å². The van der Waals surface area contributed by atoms with Gasteiger partial charge in [-0.3, -0.25) is 33.7 Å². The zero-order valence-electron chi connectivity index (χ0n) is 38.1. The molecule has 1 aromatic heterocycles. The van der Waals surface area contributed by atoms with Crippen LogP contribution in [0.5, 0.6) is 0 Å². The minimum absolute atomic E-state index is 0.0382. The van der Waals surface area contributed by atoms with Crippen molar-refractivity contribution in [1.82, 2.24) is 14.4 Å². The zero-order chi connectivity index (χ0) is 46.9. The van der Waals surface area contributed by atoms with Crippen LogP contribution in [-0.2, 0) is 40.0 Å². The number of hydrogen-bond acceptors (Lipinski definition) is 8. The molecule has 0 spiro atoms. The van der Waals surface area contributed by atoms with Crippen LogP contribution in [0.1, 0.15) is 101 Å². The number of carbonyl (C=O) groups is 6. The Labute approximate surface area is 387 Å². The van der Waals surface area contributed by atoms with E-state index in [-0.39, 0.29) is 78.3 Å². The Kier molecular flexibility index (Phi) is 19.8. The lowest BCUT2D eigenvalue weighted by Crippen LogP contribution is -2.42. The second kappa shape index (κ2) is 25.1. The van der Waals surface area contributed by atoms with Crippen molar-refractivity contribution in [1.29, 1.82) is 0 Å². The molecule has 11 nitrogen and oxygen atoms in total. The van der Waals surface area contributed by atoms with Crippen molar-refractivity contribution < 1.29 is 47.4 Å². The summed E-state index contributed by atoms with van der Waals surface area (Å²) >= 11 is 1.17. The maximum absolute atomic E-state index is 15.4. The van der Waals surface area contributed by atoms with Crippen LogP contribution in [0, 0.1) is 23.5 Å². The number of imide groups is 1. The lowest BCUT2D eigenvalue weighted by molar-refractivity contribution is -0.143. The molecule has 1 aliphatic carbocycles. The van der Waals surface area contributed by atoms with E-state index in [1.165, 1.54) is 30.0 Å². The highest BCUT2D eigenvalue weighted by Crippen LogP contribution is 2.41. The third-order valence-corrected chi connectivity index (χ3v) is 15.0. The first kappa shape index (κ1) is 51.1. The molecule has 2 atom stereocenters. The number of rotatable bonds is 27. The van der Waals surface area contributed by atoms with Gasteiger partial charge in [0.05, 0.1) is 24.3 Å². The molecule has 2 heterocycles. The van der Waals surface area contributed by atoms with Crippen LogP contribution in [0.3, 0.4) is 0 Å². The van der Waals surface area contributed by atoms with E-state index in [0.29, 0.717) is 57.4 Å². The van der Waals surface area contributed by atoms with E-state index in [1.54, 1.807) is 0 Å². The number of ketones is 1. The predicted molar refractivity (Wildman–Crippen MR) is 252 cm³/mol. The molecule has 1 fully saturated rings. The van der Waals surface area contributed by atoms with Crippen LogP contribution in [-0.4, -0.2) is 94.2 Å². The number of unbranched alkanes of at least 4 members (excludes halogenated alkanes) is 3. The molecule has 1 N–H and O–H groups in total. The first-order valence-electron chi connectivity index (χ1n) is 23.1. The summed E-state index contributed by atoms with van der Waals surface area (Å²) < 4.78 is 37.6. The van der Waals surface area contributed by atoms with E-state index >= 15 is 4.39 Å². The monoisotopic (exact) mass is 933 g/mol. The summed E-state index contributed by atoms with van der Waals surface area (Å²) in [6.45, 7) is 8.03. The molecule has 1 aliphatic heterocycles. The maximum Gasteiger partial charge on any atom is 0.307 e. The molecule has 2 aliphatic rings. The van der Waals surface area contributed by atoms with Crippen LogP contribution in [0.2, 0.25) is 25.7 Å². The molecular formula is C50H65F2N3O8SSi. The lowest BCUT2D eigenvalue weighted by atomic mass is 9.81. The summed E-state index contributed by atoms with van der Waals surface area (Å²) in [5.74, 6) is -4.64. The number of ether oxygens (including phenoxy) is 1. The van der Waals surface area contributed by atoms with E-state index in [0.717, 1.165) is 66.4 Å². The Hall–Kier alpha value is -4.89. The quantitative estimate of drug-likeness (QED) is 0.0342. The number of halogens is 2. The zero-order valence-corrected chi connectivity index (χ0v) is 39.9. The first-order chi connectivity index (χ1) is 31.1. The van der Waals surface area contributed by atoms with Gasteiger partial charge in [-0.1, -0.05) is 75.7 Å². The van der Waals surface area contributed by atoms with Gasteiger partial charge in [-0.05, 0) is 80.3 Å². The van der Waals surface area contributed by atoms with Gasteiger partial charge in [-0.15, -0.1) is 0 Å². The Bertz CT molecular complexity index is 2120. The Morgan fingerprint density at radius 2 is 1.60 bits per heavy atom. The molecule has 65 heavy (non-hydrogen) atoms. The first-order valence-corrected chi connectivity index (χ1v) is 28.0. The maximum atomic E-state index is 15.4. The van der Waals surface area contributed by atoms with Gasteiger partial charge in [0.1, 0.15) is 17.4 Å². The number of Topliss-reactive ketones (excluding diaryl/α,β-unsaturated/α-hetero) is 1. The van der Waals surface area contributed by atoms with E-state index in [2.05, 4.69) is 19.6 Å². The highest BCUT2D eigenvalue weighted by molar-refractivity contribution is 7.99. The summed E-state index contributed by atoms with van der Waals surface area (Å²) in [4.78, 5) is 79.5. The van der Waals surface area contributed by atoms with Crippen LogP contribution in [0.15, 0.2) is 72.9 Å². The summed E-state index contributed by atoms with van der Waals surface area (Å²) in [7, 11) is -1.39. The minimum atomic E-state index is -1.39. The molecular weight excluding hydrogens is 869 g/mol. The number of carbonyl (C=O) groups excluding carboxylic acids is 5. The van der Waals surface area contributed by atoms with E-state index < -0.39 is 37.6 Å². The molecule has 1 saturated carbocycles. The number of aliphatic carboxylic acids is 1. The van der Waals surface area contributed by atoms with Crippen molar-refractivity contribution in [2.24, 2.45) is 11.8 Å². The average Bonchev–Trinajstić information content (AvgIpc) is 3.82. The average molecular weight is 934 g/mol.